The third kappa shape index (κ3) is 6.47. The van der Waals surface area contributed by atoms with Gasteiger partial charge in [0.2, 0.25) is 0 Å². The number of carboxylic acids is 1. The number of hydrogen-bond donors (Lipinski definition) is 2. The number of aliphatic carboxylic acids is 1. The molecule has 0 saturated heterocycles. The van der Waals surface area contributed by atoms with Crippen molar-refractivity contribution in [3.8, 4) is 0 Å². The quantitative estimate of drug-likeness (QED) is 0.808. The maximum Gasteiger partial charge on any atom is 0.407 e. The number of alkyl carbamates (subject to hydrolysis) is 1. The van der Waals surface area contributed by atoms with Crippen molar-refractivity contribution in [2.45, 2.75) is 13.0 Å². The Morgan fingerprint density at radius 3 is 2.56 bits per heavy atom. The summed E-state index contributed by atoms with van der Waals surface area (Å²) in [5.41, 5.74) is 1.59. The van der Waals surface area contributed by atoms with E-state index in [-0.39, 0.29) is 19.6 Å². The van der Waals surface area contributed by atoms with Gasteiger partial charge in [-0.25, -0.2) is 9.18 Å². The number of halogens is 1. The largest absolute Gasteiger partial charge is 0.481 e. The minimum absolute atomic E-state index is 0.177. The number of carboxylic acid groups (broad SMARTS) is 1. The minimum atomic E-state index is -1.01. The molecule has 5 nitrogen and oxygen atoms in total. The summed E-state index contributed by atoms with van der Waals surface area (Å²) in [7, 11) is 0. The van der Waals surface area contributed by atoms with E-state index < -0.39 is 17.9 Å². The van der Waals surface area contributed by atoms with Crippen LogP contribution >= 0.6 is 0 Å². The number of rotatable bonds is 7. The number of benzene rings is 2. The second-order valence-electron chi connectivity index (χ2n) is 5.27. The zero-order valence-corrected chi connectivity index (χ0v) is 13.4. The Kier molecular flexibility index (Phi) is 6.71. The third-order valence-electron chi connectivity index (χ3n) is 3.29. The van der Waals surface area contributed by atoms with Gasteiger partial charge in [0, 0.05) is 12.1 Å². The average Bonchev–Trinajstić information content (AvgIpc) is 2.59. The van der Waals surface area contributed by atoms with E-state index >= 15 is 0 Å². The topological polar surface area (TPSA) is 75.6 Å². The molecule has 0 saturated carbocycles. The predicted octanol–water partition coefficient (Wildman–Crippen LogP) is 3.39. The molecule has 2 aromatic rings. The van der Waals surface area contributed by atoms with Gasteiger partial charge in [-0.2, -0.15) is 0 Å². The van der Waals surface area contributed by atoms with Crippen molar-refractivity contribution in [2.75, 3.05) is 6.54 Å². The van der Waals surface area contributed by atoms with Gasteiger partial charge in [-0.1, -0.05) is 54.6 Å². The Labute approximate surface area is 144 Å². The maximum absolute atomic E-state index is 13.8. The Morgan fingerprint density at radius 2 is 1.88 bits per heavy atom. The van der Waals surface area contributed by atoms with Gasteiger partial charge in [-0.15, -0.1) is 0 Å². The van der Waals surface area contributed by atoms with Crippen molar-refractivity contribution < 1.29 is 23.8 Å². The SMILES string of the molecule is O=C(O)Cc1ccc(C=CCNC(=O)OCc2ccccc2)c(F)c1. The van der Waals surface area contributed by atoms with E-state index in [9.17, 15) is 14.0 Å². The van der Waals surface area contributed by atoms with Gasteiger partial charge in [-0.05, 0) is 17.2 Å². The normalized spacial score (nSPS) is 10.6. The number of ether oxygens (including phenoxy) is 1. The zero-order chi connectivity index (χ0) is 18.1. The molecule has 0 spiro atoms. The zero-order valence-electron chi connectivity index (χ0n) is 13.4. The van der Waals surface area contributed by atoms with Crippen LogP contribution in [0.25, 0.3) is 6.08 Å². The van der Waals surface area contributed by atoms with E-state index in [1.54, 1.807) is 12.1 Å². The van der Waals surface area contributed by atoms with Crippen molar-refractivity contribution in [3.05, 3.63) is 77.1 Å². The number of carbonyl (C=O) groups excluding carboxylic acids is 1. The first-order chi connectivity index (χ1) is 12.0. The van der Waals surface area contributed by atoms with Gasteiger partial charge in [0.25, 0.3) is 0 Å². The fraction of sp³-hybridized carbons (Fsp3) is 0.158. The molecule has 0 aliphatic carbocycles. The van der Waals surface area contributed by atoms with Crippen molar-refractivity contribution in [2.24, 2.45) is 0 Å². The summed E-state index contributed by atoms with van der Waals surface area (Å²) in [6, 6.07) is 13.5. The van der Waals surface area contributed by atoms with E-state index in [0.717, 1.165) is 5.56 Å². The van der Waals surface area contributed by atoms with Gasteiger partial charge >= 0.3 is 12.1 Å². The summed E-state index contributed by atoms with van der Waals surface area (Å²) in [6.07, 6.45) is 2.30. The number of hydrogen-bond acceptors (Lipinski definition) is 3. The minimum Gasteiger partial charge on any atom is -0.481 e. The predicted molar refractivity (Wildman–Crippen MR) is 91.4 cm³/mol. The first kappa shape index (κ1) is 18.2. The van der Waals surface area contributed by atoms with Gasteiger partial charge in [0.05, 0.1) is 6.42 Å². The Hall–Kier alpha value is -3.15. The molecule has 25 heavy (non-hydrogen) atoms. The molecule has 0 atom stereocenters. The van der Waals surface area contributed by atoms with Gasteiger partial charge in [0.1, 0.15) is 12.4 Å². The second kappa shape index (κ2) is 9.22. The summed E-state index contributed by atoms with van der Waals surface area (Å²) in [6.45, 7) is 0.361. The summed E-state index contributed by atoms with van der Waals surface area (Å²) in [5.74, 6) is -1.53. The molecule has 2 aromatic carbocycles. The summed E-state index contributed by atoms with van der Waals surface area (Å²) >= 11 is 0. The molecular formula is C19H18FNO4. The Balaban J connectivity index is 1.77. The van der Waals surface area contributed by atoms with Gasteiger partial charge in [-0.3, -0.25) is 4.79 Å². The Morgan fingerprint density at radius 1 is 1.12 bits per heavy atom. The van der Waals surface area contributed by atoms with Crippen LogP contribution in [0.15, 0.2) is 54.6 Å². The monoisotopic (exact) mass is 343 g/mol. The van der Waals surface area contributed by atoms with Crippen LogP contribution in [0.4, 0.5) is 9.18 Å². The molecule has 0 aromatic heterocycles. The molecule has 0 heterocycles. The van der Waals surface area contributed by atoms with E-state index in [2.05, 4.69) is 5.32 Å². The summed E-state index contributed by atoms with van der Waals surface area (Å²) in [4.78, 5) is 22.1. The lowest BCUT2D eigenvalue weighted by Crippen LogP contribution is -2.24. The second-order valence-corrected chi connectivity index (χ2v) is 5.27. The van der Waals surface area contributed by atoms with Crippen LogP contribution in [0.1, 0.15) is 16.7 Å². The first-order valence-electron chi connectivity index (χ1n) is 7.66. The van der Waals surface area contributed by atoms with Crippen molar-refractivity contribution in [3.63, 3.8) is 0 Å². The van der Waals surface area contributed by atoms with E-state index in [1.807, 2.05) is 30.3 Å². The molecule has 2 rings (SSSR count). The maximum atomic E-state index is 13.8. The lowest BCUT2D eigenvalue weighted by molar-refractivity contribution is -0.136. The van der Waals surface area contributed by atoms with Crippen LogP contribution in [0, 0.1) is 5.82 Å². The molecule has 2 N–H and O–H groups in total. The van der Waals surface area contributed by atoms with Crippen molar-refractivity contribution >= 4 is 18.1 Å². The van der Waals surface area contributed by atoms with Crippen LogP contribution in [0.2, 0.25) is 0 Å². The molecule has 0 unspecified atom stereocenters. The van der Waals surface area contributed by atoms with Gasteiger partial charge in [0.15, 0.2) is 0 Å². The molecular weight excluding hydrogens is 325 g/mol. The molecule has 0 radical (unpaired) electrons. The standard InChI is InChI=1S/C19H18FNO4/c20-17-11-15(12-18(22)23)8-9-16(17)7-4-10-21-19(24)25-13-14-5-2-1-3-6-14/h1-9,11H,10,12-13H2,(H,21,24)(H,22,23). The van der Waals surface area contributed by atoms with E-state index in [1.165, 1.54) is 18.2 Å². The van der Waals surface area contributed by atoms with Crippen LogP contribution in [0.5, 0.6) is 0 Å². The highest BCUT2D eigenvalue weighted by Crippen LogP contribution is 2.12. The highest BCUT2D eigenvalue weighted by Gasteiger charge is 2.05. The Bertz CT molecular complexity index is 759. The smallest absolute Gasteiger partial charge is 0.407 e. The summed E-state index contributed by atoms with van der Waals surface area (Å²) in [5, 5.41) is 11.2. The van der Waals surface area contributed by atoms with Crippen LogP contribution < -0.4 is 5.32 Å². The lowest BCUT2D eigenvalue weighted by atomic mass is 10.1. The molecule has 0 aliphatic rings. The fourth-order valence-electron chi connectivity index (χ4n) is 2.09. The highest BCUT2D eigenvalue weighted by atomic mass is 19.1. The number of carbonyl (C=O) groups is 2. The molecule has 130 valence electrons. The molecule has 6 heteroatoms. The van der Waals surface area contributed by atoms with Gasteiger partial charge < -0.3 is 15.2 Å². The highest BCUT2D eigenvalue weighted by molar-refractivity contribution is 5.70. The lowest BCUT2D eigenvalue weighted by Gasteiger charge is -2.05. The van der Waals surface area contributed by atoms with E-state index in [4.69, 9.17) is 9.84 Å². The first-order valence-corrected chi connectivity index (χ1v) is 7.66. The van der Waals surface area contributed by atoms with E-state index in [0.29, 0.717) is 11.1 Å². The third-order valence-corrected chi connectivity index (χ3v) is 3.29. The van der Waals surface area contributed by atoms with Crippen molar-refractivity contribution in [1.29, 1.82) is 0 Å². The average molecular weight is 343 g/mol. The van der Waals surface area contributed by atoms with Crippen LogP contribution in [0.3, 0.4) is 0 Å². The molecule has 0 bridgehead atoms. The fourth-order valence-corrected chi connectivity index (χ4v) is 2.09. The molecule has 0 aliphatic heterocycles. The molecule has 1 amide bonds. The summed E-state index contributed by atoms with van der Waals surface area (Å²) < 4.78 is 18.9. The number of nitrogens with one attached hydrogen (secondary N) is 1. The van der Waals surface area contributed by atoms with Crippen molar-refractivity contribution in [1.82, 2.24) is 5.32 Å². The van der Waals surface area contributed by atoms with Crippen LogP contribution in [-0.4, -0.2) is 23.7 Å². The molecule has 0 fully saturated rings. The number of amides is 1. The van der Waals surface area contributed by atoms with Crippen LogP contribution in [-0.2, 0) is 22.6 Å².